The third kappa shape index (κ3) is 5.85. The first-order valence-corrected chi connectivity index (χ1v) is 11.4. The van der Waals surface area contributed by atoms with Crippen molar-refractivity contribution in [2.75, 3.05) is 14.2 Å². The lowest BCUT2D eigenvalue weighted by atomic mass is 9.85. The quantitative estimate of drug-likeness (QED) is 0.184. The van der Waals surface area contributed by atoms with Crippen LogP contribution >= 0.6 is 0 Å². The molecule has 0 aliphatic rings. The Morgan fingerprint density at radius 1 is 0.421 bits per heavy atom. The van der Waals surface area contributed by atoms with Gasteiger partial charge in [0.15, 0.2) is 0 Å². The Kier molecular flexibility index (Phi) is 7.53. The molecule has 0 unspecified atom stereocenters. The molecule has 0 aliphatic heterocycles. The molecule has 0 saturated heterocycles. The number of halogens is 6. The molecule has 0 aromatic heterocycles. The molecule has 0 spiro atoms. The van der Waals surface area contributed by atoms with Gasteiger partial charge >= 0.3 is 12.4 Å². The first kappa shape index (κ1) is 26.9. The Hall–Kier alpha value is -4.20. The Morgan fingerprint density at radius 2 is 0.658 bits per heavy atom. The highest BCUT2D eigenvalue weighted by Gasteiger charge is 2.31. The average Bonchev–Trinajstić information content (AvgIpc) is 2.91. The van der Waals surface area contributed by atoms with Gasteiger partial charge < -0.3 is 9.47 Å². The molecular weight excluding hydrogens is 506 g/mol. The lowest BCUT2D eigenvalue weighted by Gasteiger charge is -2.19. The average molecular weight is 528 g/mol. The van der Waals surface area contributed by atoms with E-state index in [0.29, 0.717) is 44.9 Å². The Bertz CT molecular complexity index is 1290. The number of alkyl halides is 6. The second-order valence-corrected chi connectivity index (χ2v) is 8.36. The van der Waals surface area contributed by atoms with E-state index in [-0.39, 0.29) is 0 Å². The summed E-state index contributed by atoms with van der Waals surface area (Å²) >= 11 is 0. The van der Waals surface area contributed by atoms with E-state index in [9.17, 15) is 26.3 Å². The molecule has 0 bridgehead atoms. The molecule has 196 valence electrons. The van der Waals surface area contributed by atoms with Crippen molar-refractivity contribution in [3.8, 4) is 11.5 Å². The predicted molar refractivity (Wildman–Crippen MR) is 134 cm³/mol. The number of benzene rings is 4. The number of rotatable bonds is 6. The maximum Gasteiger partial charge on any atom is 0.416 e. The molecule has 0 atom stereocenters. The van der Waals surface area contributed by atoms with E-state index < -0.39 is 23.5 Å². The number of ether oxygens (including phenoxy) is 2. The minimum Gasteiger partial charge on any atom is -0.497 e. The summed E-state index contributed by atoms with van der Waals surface area (Å²) < 4.78 is 90.2. The van der Waals surface area contributed by atoms with Gasteiger partial charge in [0.05, 0.1) is 25.3 Å². The summed E-state index contributed by atoms with van der Waals surface area (Å²) in [6.07, 6.45) is -9.04. The summed E-state index contributed by atoms with van der Waals surface area (Å²) in [7, 11) is 3.01. The summed E-state index contributed by atoms with van der Waals surface area (Å²) in [5.74, 6) is 1.14. The normalized spacial score (nSPS) is 12.6. The summed E-state index contributed by atoms with van der Waals surface area (Å²) in [6.45, 7) is 0. The van der Waals surface area contributed by atoms with Gasteiger partial charge in [0, 0.05) is 0 Å². The van der Waals surface area contributed by atoms with Gasteiger partial charge in [0.25, 0.3) is 0 Å². The van der Waals surface area contributed by atoms with E-state index in [0.717, 1.165) is 24.3 Å². The molecule has 0 N–H and O–H groups in total. The molecule has 0 aliphatic carbocycles. The van der Waals surface area contributed by atoms with E-state index in [1.165, 1.54) is 38.5 Å². The van der Waals surface area contributed by atoms with Crippen LogP contribution in [0, 0.1) is 0 Å². The summed E-state index contributed by atoms with van der Waals surface area (Å²) in [5.41, 5.74) is 1.62. The van der Waals surface area contributed by atoms with Gasteiger partial charge in [-0.1, -0.05) is 48.5 Å². The SMILES string of the molecule is COc1ccc(/C(=C(/c2ccc(OC)cc2)c2ccc(C(F)(F)F)cc2)c2ccc(C(F)(F)F)cc2)cc1. The Morgan fingerprint density at radius 3 is 0.868 bits per heavy atom. The molecule has 4 rings (SSSR count). The summed E-state index contributed by atoms with van der Waals surface area (Å²) in [5, 5.41) is 0. The highest BCUT2D eigenvalue weighted by Crippen LogP contribution is 2.40. The molecule has 38 heavy (non-hydrogen) atoms. The van der Waals surface area contributed by atoms with Crippen LogP contribution in [-0.4, -0.2) is 14.2 Å². The molecular formula is C30H22F6O2. The zero-order valence-corrected chi connectivity index (χ0v) is 20.3. The minimum atomic E-state index is -4.52. The molecule has 2 nitrogen and oxygen atoms in total. The molecule has 0 heterocycles. The smallest absolute Gasteiger partial charge is 0.416 e. The van der Waals surface area contributed by atoms with Gasteiger partial charge in [0.2, 0.25) is 0 Å². The second-order valence-electron chi connectivity index (χ2n) is 8.36. The zero-order chi connectivity index (χ0) is 27.5. The largest absolute Gasteiger partial charge is 0.497 e. The van der Waals surface area contributed by atoms with Crippen molar-refractivity contribution in [2.45, 2.75) is 12.4 Å². The molecule has 4 aromatic carbocycles. The second kappa shape index (κ2) is 10.7. The van der Waals surface area contributed by atoms with Crippen LogP contribution in [0.25, 0.3) is 11.1 Å². The summed E-state index contributed by atoms with van der Waals surface area (Å²) in [6, 6.07) is 23.2. The molecule has 4 aromatic rings. The first-order chi connectivity index (χ1) is 18.0. The van der Waals surface area contributed by atoms with Crippen LogP contribution in [0.5, 0.6) is 11.5 Å². The van der Waals surface area contributed by atoms with Crippen molar-refractivity contribution >= 4 is 11.1 Å². The van der Waals surface area contributed by atoms with Crippen molar-refractivity contribution in [1.29, 1.82) is 0 Å². The monoisotopic (exact) mass is 528 g/mol. The lowest BCUT2D eigenvalue weighted by Crippen LogP contribution is -2.06. The van der Waals surface area contributed by atoms with Crippen LogP contribution in [0.1, 0.15) is 33.4 Å². The fraction of sp³-hybridized carbons (Fsp3) is 0.133. The van der Waals surface area contributed by atoms with Crippen molar-refractivity contribution in [2.24, 2.45) is 0 Å². The maximum atomic E-state index is 13.3. The first-order valence-electron chi connectivity index (χ1n) is 11.4. The van der Waals surface area contributed by atoms with Gasteiger partial charge in [0.1, 0.15) is 11.5 Å². The molecule has 0 amide bonds. The van der Waals surface area contributed by atoms with Gasteiger partial charge in [-0.05, 0) is 81.9 Å². The van der Waals surface area contributed by atoms with E-state index in [1.54, 1.807) is 48.5 Å². The van der Waals surface area contributed by atoms with Gasteiger partial charge in [-0.3, -0.25) is 0 Å². The Balaban J connectivity index is 2.03. The molecule has 0 fully saturated rings. The van der Waals surface area contributed by atoms with Crippen LogP contribution in [0.2, 0.25) is 0 Å². The fourth-order valence-electron chi connectivity index (χ4n) is 4.08. The standard InChI is InChI=1S/C30H22F6O2/c1-37-25-15-7-21(8-16-25)27(19-3-11-23(12-4-19)29(31,32)33)28(22-9-17-26(38-2)18-10-22)20-5-13-24(14-6-20)30(34,35)36/h3-18H,1-2H3/b28-27+. The highest BCUT2D eigenvalue weighted by molar-refractivity contribution is 6.04. The number of methoxy groups -OCH3 is 2. The van der Waals surface area contributed by atoms with Crippen LogP contribution < -0.4 is 9.47 Å². The van der Waals surface area contributed by atoms with E-state index in [4.69, 9.17) is 9.47 Å². The number of hydrogen-bond acceptors (Lipinski definition) is 2. The Labute approximate surface area is 215 Å². The van der Waals surface area contributed by atoms with Crippen LogP contribution in [-0.2, 0) is 12.4 Å². The number of hydrogen-bond donors (Lipinski definition) is 0. The van der Waals surface area contributed by atoms with Crippen molar-refractivity contribution in [3.63, 3.8) is 0 Å². The molecule has 0 saturated carbocycles. The minimum absolute atomic E-state index is 0.453. The topological polar surface area (TPSA) is 18.5 Å². The van der Waals surface area contributed by atoms with Gasteiger partial charge in [-0.15, -0.1) is 0 Å². The molecule has 0 radical (unpaired) electrons. The fourth-order valence-corrected chi connectivity index (χ4v) is 4.08. The zero-order valence-electron chi connectivity index (χ0n) is 20.3. The van der Waals surface area contributed by atoms with Crippen molar-refractivity contribution in [3.05, 3.63) is 130 Å². The van der Waals surface area contributed by atoms with Crippen LogP contribution in [0.4, 0.5) is 26.3 Å². The maximum absolute atomic E-state index is 13.3. The van der Waals surface area contributed by atoms with Crippen LogP contribution in [0.15, 0.2) is 97.1 Å². The third-order valence-corrected chi connectivity index (χ3v) is 6.01. The van der Waals surface area contributed by atoms with E-state index in [2.05, 4.69) is 0 Å². The summed E-state index contributed by atoms with van der Waals surface area (Å²) in [4.78, 5) is 0. The van der Waals surface area contributed by atoms with Gasteiger partial charge in [-0.25, -0.2) is 0 Å². The molecule has 8 heteroatoms. The third-order valence-electron chi connectivity index (χ3n) is 6.01. The van der Waals surface area contributed by atoms with E-state index in [1.807, 2.05) is 0 Å². The van der Waals surface area contributed by atoms with Crippen LogP contribution in [0.3, 0.4) is 0 Å². The van der Waals surface area contributed by atoms with Crippen molar-refractivity contribution < 1.29 is 35.8 Å². The van der Waals surface area contributed by atoms with Crippen molar-refractivity contribution in [1.82, 2.24) is 0 Å². The predicted octanol–water partition coefficient (Wildman–Crippen LogP) is 8.75. The van der Waals surface area contributed by atoms with Gasteiger partial charge in [-0.2, -0.15) is 26.3 Å². The highest BCUT2D eigenvalue weighted by atomic mass is 19.4. The van der Waals surface area contributed by atoms with E-state index >= 15 is 0 Å². The lowest BCUT2D eigenvalue weighted by molar-refractivity contribution is -0.138.